The molecule has 0 bridgehead atoms. The van der Waals surface area contributed by atoms with Crippen LogP contribution in [0.25, 0.3) is 0 Å². The summed E-state index contributed by atoms with van der Waals surface area (Å²) >= 11 is 8.03. The number of likely N-dealkylation sites (tertiary alicyclic amines) is 1. The zero-order valence-corrected chi connectivity index (χ0v) is 18.0. The number of halogens is 1. The van der Waals surface area contributed by atoms with Crippen LogP contribution in [0.2, 0.25) is 0 Å². The number of carbonyl (C=O) groups is 1. The summed E-state index contributed by atoms with van der Waals surface area (Å²) in [6.07, 6.45) is 7.61. The zero-order chi connectivity index (χ0) is 20.6. The average molecular weight is 442 g/mol. The van der Waals surface area contributed by atoms with Gasteiger partial charge in [-0.3, -0.25) is 9.79 Å². The summed E-state index contributed by atoms with van der Waals surface area (Å²) < 4.78 is 5.68. The highest BCUT2D eigenvalue weighted by Gasteiger charge is 2.28. The van der Waals surface area contributed by atoms with Gasteiger partial charge in [0.05, 0.1) is 26.0 Å². The molecule has 7 nitrogen and oxygen atoms in total. The van der Waals surface area contributed by atoms with Crippen molar-refractivity contribution in [1.82, 2.24) is 4.90 Å². The largest absolute Gasteiger partial charge is 0.481 e. The van der Waals surface area contributed by atoms with E-state index in [2.05, 4.69) is 16.6 Å². The molecule has 3 aliphatic rings. The molecule has 0 saturated carbocycles. The third kappa shape index (κ3) is 6.96. The van der Waals surface area contributed by atoms with Crippen molar-refractivity contribution in [3.8, 4) is 0 Å². The molecule has 3 aliphatic heterocycles. The van der Waals surface area contributed by atoms with Crippen LogP contribution in [0.5, 0.6) is 0 Å². The first-order valence-electron chi connectivity index (χ1n) is 10.0. The first kappa shape index (κ1) is 22.0. The number of aliphatic carboxylic acids is 1. The smallest absolute Gasteiger partial charge is 0.307 e. The Hall–Kier alpha value is -1.67. The number of thioether (sulfide) groups is 1. The Kier molecular flexibility index (Phi) is 8.29. The van der Waals surface area contributed by atoms with Crippen LogP contribution in [0.1, 0.15) is 38.5 Å². The molecule has 3 rings (SSSR count). The lowest BCUT2D eigenvalue weighted by Crippen LogP contribution is -2.37. The first-order chi connectivity index (χ1) is 14.0. The Morgan fingerprint density at radius 2 is 2.21 bits per heavy atom. The molecule has 0 aliphatic carbocycles. The lowest BCUT2D eigenvalue weighted by atomic mass is 9.94. The zero-order valence-electron chi connectivity index (χ0n) is 16.5. The molecule has 0 aromatic rings. The molecule has 160 valence electrons. The highest BCUT2D eigenvalue weighted by Crippen LogP contribution is 2.32. The fourth-order valence-corrected chi connectivity index (χ4v) is 5.20. The number of oxime groups is 1. The number of amidine groups is 1. The third-order valence-electron chi connectivity index (χ3n) is 5.21. The van der Waals surface area contributed by atoms with Crippen LogP contribution in [0, 0.1) is 5.92 Å². The SMILES string of the molecule is C=C/C=C(/Cl)CC1CN=C(N2CCC(CCOC3=NOC(CC(=O)O)C3)CC2)S1. The van der Waals surface area contributed by atoms with Crippen LogP contribution in [-0.4, -0.2) is 64.6 Å². The van der Waals surface area contributed by atoms with E-state index in [-0.39, 0.29) is 6.42 Å². The number of carboxylic acid groups (broad SMARTS) is 1. The number of piperidine rings is 1. The van der Waals surface area contributed by atoms with Crippen LogP contribution in [0.4, 0.5) is 0 Å². The Bertz CT molecular complexity index is 689. The van der Waals surface area contributed by atoms with Crippen molar-refractivity contribution in [2.75, 3.05) is 26.2 Å². The number of aliphatic imine (C=N–C) groups is 1. The molecule has 0 aromatic heterocycles. The minimum absolute atomic E-state index is 0.0473. The van der Waals surface area contributed by atoms with Gasteiger partial charge in [-0.05, 0) is 37.7 Å². The van der Waals surface area contributed by atoms with Crippen molar-refractivity contribution in [3.63, 3.8) is 0 Å². The lowest BCUT2D eigenvalue weighted by Gasteiger charge is -2.33. The maximum absolute atomic E-state index is 10.7. The van der Waals surface area contributed by atoms with Crippen molar-refractivity contribution >= 4 is 40.4 Å². The predicted octanol–water partition coefficient (Wildman–Crippen LogP) is 3.85. The highest BCUT2D eigenvalue weighted by molar-refractivity contribution is 8.14. The maximum atomic E-state index is 10.7. The standard InChI is InChI=1S/C20H28ClN3O4S/c1-2-3-15(21)10-17-13-22-20(29-17)24-7-4-14(5-8-24)6-9-27-18-11-16(28-23-18)12-19(25)26/h2-3,14,16-17H,1,4-13H2,(H,25,26)/b15-3+. The summed E-state index contributed by atoms with van der Waals surface area (Å²) in [6, 6.07) is 0. The van der Waals surface area contributed by atoms with Gasteiger partial charge in [-0.15, -0.1) is 0 Å². The number of allylic oxidation sites excluding steroid dienone is 3. The number of rotatable bonds is 8. The highest BCUT2D eigenvalue weighted by atomic mass is 35.5. The van der Waals surface area contributed by atoms with Gasteiger partial charge in [-0.2, -0.15) is 0 Å². The van der Waals surface area contributed by atoms with Crippen LogP contribution in [-0.2, 0) is 14.4 Å². The summed E-state index contributed by atoms with van der Waals surface area (Å²) in [5.41, 5.74) is 0. The molecular weight excluding hydrogens is 414 g/mol. The number of ether oxygens (including phenoxy) is 1. The second-order valence-corrected chi connectivity index (χ2v) is 9.25. The van der Waals surface area contributed by atoms with E-state index in [4.69, 9.17) is 31.3 Å². The van der Waals surface area contributed by atoms with Crippen molar-refractivity contribution in [3.05, 3.63) is 23.8 Å². The second kappa shape index (κ2) is 10.9. The molecule has 1 fully saturated rings. The minimum Gasteiger partial charge on any atom is -0.481 e. The minimum atomic E-state index is -0.883. The molecular formula is C20H28ClN3O4S. The number of carboxylic acids is 1. The van der Waals surface area contributed by atoms with E-state index < -0.39 is 12.1 Å². The molecule has 3 heterocycles. The van der Waals surface area contributed by atoms with Crippen molar-refractivity contribution in [1.29, 1.82) is 0 Å². The number of hydrogen-bond acceptors (Lipinski definition) is 7. The van der Waals surface area contributed by atoms with Crippen molar-refractivity contribution < 1.29 is 19.5 Å². The van der Waals surface area contributed by atoms with Gasteiger partial charge in [0.15, 0.2) is 5.17 Å². The quantitative estimate of drug-likeness (QED) is 0.576. The molecule has 2 atom stereocenters. The van der Waals surface area contributed by atoms with E-state index in [1.54, 1.807) is 6.08 Å². The van der Waals surface area contributed by atoms with Gasteiger partial charge in [-0.25, -0.2) is 0 Å². The van der Waals surface area contributed by atoms with Gasteiger partial charge in [0, 0.05) is 23.4 Å². The molecule has 1 N–H and O–H groups in total. The molecule has 29 heavy (non-hydrogen) atoms. The van der Waals surface area contributed by atoms with E-state index in [0.717, 1.165) is 55.5 Å². The van der Waals surface area contributed by atoms with Gasteiger partial charge < -0.3 is 19.6 Å². The second-order valence-electron chi connectivity index (χ2n) is 7.50. The summed E-state index contributed by atoms with van der Waals surface area (Å²) in [5.74, 6) is 0.253. The van der Waals surface area contributed by atoms with Gasteiger partial charge in [0.1, 0.15) is 6.10 Å². The van der Waals surface area contributed by atoms with E-state index in [1.165, 1.54) is 0 Å². The number of nitrogens with zero attached hydrogens (tertiary/aromatic N) is 3. The average Bonchev–Trinajstić information content (AvgIpc) is 3.32. The van der Waals surface area contributed by atoms with Crippen molar-refractivity contribution in [2.24, 2.45) is 16.1 Å². The Morgan fingerprint density at radius 3 is 2.93 bits per heavy atom. The third-order valence-corrected chi connectivity index (χ3v) is 6.74. The number of hydrogen-bond donors (Lipinski definition) is 1. The summed E-state index contributed by atoms with van der Waals surface area (Å²) in [7, 11) is 0. The molecule has 9 heteroatoms. The molecule has 0 aromatic carbocycles. The van der Waals surface area contributed by atoms with Gasteiger partial charge in [0.25, 0.3) is 0 Å². The van der Waals surface area contributed by atoms with Crippen molar-refractivity contribution in [2.45, 2.75) is 49.9 Å². The molecule has 1 saturated heterocycles. The summed E-state index contributed by atoms with van der Waals surface area (Å²) in [5, 5.41) is 15.0. The fourth-order valence-electron chi connectivity index (χ4n) is 3.65. The van der Waals surface area contributed by atoms with E-state index in [9.17, 15) is 4.79 Å². The maximum Gasteiger partial charge on any atom is 0.307 e. The van der Waals surface area contributed by atoms with Crippen LogP contribution in [0.3, 0.4) is 0 Å². The monoisotopic (exact) mass is 441 g/mol. The fraction of sp³-hybridized carbons (Fsp3) is 0.650. The molecule has 0 amide bonds. The Morgan fingerprint density at radius 1 is 1.41 bits per heavy atom. The van der Waals surface area contributed by atoms with Crippen LogP contribution >= 0.6 is 23.4 Å². The molecule has 2 unspecified atom stereocenters. The van der Waals surface area contributed by atoms with Crippen LogP contribution < -0.4 is 0 Å². The van der Waals surface area contributed by atoms with Gasteiger partial charge >= 0.3 is 5.97 Å². The topological polar surface area (TPSA) is 83.7 Å². The Balaban J connectivity index is 1.30. The summed E-state index contributed by atoms with van der Waals surface area (Å²) in [6.45, 7) is 7.13. The Labute approximate surface area is 180 Å². The van der Waals surface area contributed by atoms with Gasteiger partial charge in [-0.1, -0.05) is 41.2 Å². The molecule has 0 spiro atoms. The summed E-state index contributed by atoms with van der Waals surface area (Å²) in [4.78, 5) is 22.9. The predicted molar refractivity (Wildman–Crippen MR) is 116 cm³/mol. The van der Waals surface area contributed by atoms with Crippen LogP contribution in [0.15, 0.2) is 33.9 Å². The normalized spacial score (nSPS) is 25.4. The molecule has 0 radical (unpaired) electrons. The first-order valence-corrected chi connectivity index (χ1v) is 11.3. The van der Waals surface area contributed by atoms with E-state index in [0.29, 0.717) is 30.1 Å². The van der Waals surface area contributed by atoms with E-state index >= 15 is 0 Å². The lowest BCUT2D eigenvalue weighted by molar-refractivity contribution is -0.139. The van der Waals surface area contributed by atoms with E-state index in [1.807, 2.05) is 17.8 Å². The van der Waals surface area contributed by atoms with Gasteiger partial charge in [0.2, 0.25) is 5.90 Å².